The van der Waals surface area contributed by atoms with E-state index in [1.54, 1.807) is 4.90 Å². The van der Waals surface area contributed by atoms with Gasteiger partial charge in [0.15, 0.2) is 0 Å². The van der Waals surface area contributed by atoms with Crippen LogP contribution in [-0.2, 0) is 0 Å². The van der Waals surface area contributed by atoms with Crippen molar-refractivity contribution in [1.29, 1.82) is 0 Å². The van der Waals surface area contributed by atoms with Crippen molar-refractivity contribution in [2.75, 3.05) is 26.2 Å². The first kappa shape index (κ1) is 19.0. The molecule has 0 bridgehead atoms. The van der Waals surface area contributed by atoms with E-state index in [2.05, 4.69) is 17.4 Å². The standard InChI is InChI=1S/C22H27N3O2/c1-17(2)23-22(27)25-14-6-13-24(15-16-25)21(26)20-11-9-19(10-12-20)18-7-4-3-5-8-18/h3-5,7-12,17H,6,13-16H2,1-2H3,(H,23,27). The van der Waals surface area contributed by atoms with E-state index in [1.807, 2.05) is 61.2 Å². The summed E-state index contributed by atoms with van der Waals surface area (Å²) in [5.41, 5.74) is 2.92. The van der Waals surface area contributed by atoms with E-state index in [0.717, 1.165) is 17.5 Å². The molecule has 0 radical (unpaired) electrons. The predicted octanol–water partition coefficient (Wildman–Crippen LogP) is 3.62. The highest BCUT2D eigenvalue weighted by molar-refractivity contribution is 5.94. The van der Waals surface area contributed by atoms with Crippen LogP contribution in [0.15, 0.2) is 54.6 Å². The van der Waals surface area contributed by atoms with Gasteiger partial charge in [0.2, 0.25) is 0 Å². The lowest BCUT2D eigenvalue weighted by molar-refractivity contribution is 0.0762. The highest BCUT2D eigenvalue weighted by atomic mass is 16.2. The maximum atomic E-state index is 12.9. The van der Waals surface area contributed by atoms with Crippen LogP contribution in [0.25, 0.3) is 11.1 Å². The second-order valence-electron chi connectivity index (χ2n) is 7.18. The molecule has 1 saturated heterocycles. The third-order valence-electron chi connectivity index (χ3n) is 4.72. The van der Waals surface area contributed by atoms with Crippen molar-refractivity contribution < 1.29 is 9.59 Å². The third-order valence-corrected chi connectivity index (χ3v) is 4.72. The van der Waals surface area contributed by atoms with Crippen LogP contribution in [0, 0.1) is 0 Å². The van der Waals surface area contributed by atoms with Crippen molar-refractivity contribution in [1.82, 2.24) is 15.1 Å². The van der Waals surface area contributed by atoms with Gasteiger partial charge in [0.05, 0.1) is 0 Å². The van der Waals surface area contributed by atoms with E-state index in [4.69, 9.17) is 0 Å². The fourth-order valence-electron chi connectivity index (χ4n) is 3.28. The zero-order chi connectivity index (χ0) is 19.2. The summed E-state index contributed by atoms with van der Waals surface area (Å²) in [5.74, 6) is 0.0285. The second-order valence-corrected chi connectivity index (χ2v) is 7.18. The van der Waals surface area contributed by atoms with Crippen molar-refractivity contribution in [3.63, 3.8) is 0 Å². The topological polar surface area (TPSA) is 52.7 Å². The minimum atomic E-state index is -0.0495. The summed E-state index contributed by atoms with van der Waals surface area (Å²) in [6, 6.07) is 17.9. The predicted molar refractivity (Wildman–Crippen MR) is 108 cm³/mol. The van der Waals surface area contributed by atoms with Crippen molar-refractivity contribution in [2.45, 2.75) is 26.3 Å². The maximum absolute atomic E-state index is 12.9. The van der Waals surface area contributed by atoms with Crippen molar-refractivity contribution in [3.8, 4) is 11.1 Å². The highest BCUT2D eigenvalue weighted by Crippen LogP contribution is 2.20. The van der Waals surface area contributed by atoms with E-state index >= 15 is 0 Å². The van der Waals surface area contributed by atoms with Gasteiger partial charge in [-0.05, 0) is 43.5 Å². The number of carbonyl (C=O) groups excluding carboxylic acids is 2. The number of rotatable bonds is 3. The van der Waals surface area contributed by atoms with Crippen molar-refractivity contribution in [3.05, 3.63) is 60.2 Å². The molecule has 27 heavy (non-hydrogen) atoms. The Labute approximate surface area is 161 Å². The lowest BCUT2D eigenvalue weighted by Gasteiger charge is -2.23. The molecule has 1 N–H and O–H groups in total. The Morgan fingerprint density at radius 1 is 0.815 bits per heavy atom. The molecular formula is C22H27N3O2. The highest BCUT2D eigenvalue weighted by Gasteiger charge is 2.23. The molecular weight excluding hydrogens is 338 g/mol. The van der Waals surface area contributed by atoms with Gasteiger partial charge in [-0.25, -0.2) is 4.79 Å². The molecule has 5 nitrogen and oxygen atoms in total. The number of carbonyl (C=O) groups is 2. The van der Waals surface area contributed by atoms with Gasteiger partial charge in [0, 0.05) is 37.8 Å². The Kier molecular flexibility index (Phi) is 6.12. The van der Waals surface area contributed by atoms with Crippen LogP contribution in [0.5, 0.6) is 0 Å². The fraction of sp³-hybridized carbons (Fsp3) is 0.364. The Bertz CT molecular complexity index is 772. The average Bonchev–Trinajstić information content (AvgIpc) is 2.94. The van der Waals surface area contributed by atoms with Crippen LogP contribution >= 0.6 is 0 Å². The van der Waals surface area contributed by atoms with Crippen molar-refractivity contribution in [2.24, 2.45) is 0 Å². The summed E-state index contributed by atoms with van der Waals surface area (Å²) in [6.07, 6.45) is 0.791. The molecule has 142 valence electrons. The molecule has 0 atom stereocenters. The zero-order valence-corrected chi connectivity index (χ0v) is 16.0. The van der Waals surface area contributed by atoms with Crippen LogP contribution in [-0.4, -0.2) is 54.0 Å². The summed E-state index contributed by atoms with van der Waals surface area (Å²) in [5, 5.41) is 2.92. The van der Waals surface area contributed by atoms with Crippen molar-refractivity contribution >= 4 is 11.9 Å². The molecule has 1 fully saturated rings. The van der Waals surface area contributed by atoms with E-state index in [0.29, 0.717) is 31.7 Å². The largest absolute Gasteiger partial charge is 0.337 e. The number of benzene rings is 2. The molecule has 5 heteroatoms. The molecule has 0 aliphatic carbocycles. The second kappa shape index (κ2) is 8.71. The van der Waals surface area contributed by atoms with E-state index in [1.165, 1.54) is 0 Å². The summed E-state index contributed by atoms with van der Waals surface area (Å²) in [4.78, 5) is 28.7. The smallest absolute Gasteiger partial charge is 0.317 e. The number of hydrogen-bond acceptors (Lipinski definition) is 2. The minimum Gasteiger partial charge on any atom is -0.337 e. The third kappa shape index (κ3) is 4.88. The van der Waals surface area contributed by atoms with E-state index < -0.39 is 0 Å². The van der Waals surface area contributed by atoms with Gasteiger partial charge in [0.25, 0.3) is 5.91 Å². The van der Waals surface area contributed by atoms with Gasteiger partial charge in [0.1, 0.15) is 0 Å². The molecule has 0 aromatic heterocycles. The Morgan fingerprint density at radius 3 is 2.07 bits per heavy atom. The molecule has 3 rings (SSSR count). The number of amides is 3. The number of nitrogens with zero attached hydrogens (tertiary/aromatic N) is 2. The molecule has 0 saturated carbocycles. The van der Waals surface area contributed by atoms with Gasteiger partial charge in [-0.15, -0.1) is 0 Å². The molecule has 2 aromatic rings. The average molecular weight is 365 g/mol. The van der Waals surface area contributed by atoms with Crippen LogP contribution < -0.4 is 5.32 Å². The van der Waals surface area contributed by atoms with Crippen LogP contribution in [0.3, 0.4) is 0 Å². The first-order valence-corrected chi connectivity index (χ1v) is 9.55. The minimum absolute atomic E-state index is 0.0285. The molecule has 1 aliphatic rings. The Morgan fingerprint density at radius 2 is 1.41 bits per heavy atom. The summed E-state index contributed by atoms with van der Waals surface area (Å²) < 4.78 is 0. The molecule has 1 aliphatic heterocycles. The van der Waals surface area contributed by atoms with Gasteiger partial charge in [-0.3, -0.25) is 4.79 Å². The van der Waals surface area contributed by atoms with Gasteiger partial charge < -0.3 is 15.1 Å². The molecule has 1 heterocycles. The molecule has 0 spiro atoms. The molecule has 2 aromatic carbocycles. The summed E-state index contributed by atoms with van der Waals surface area (Å²) in [7, 11) is 0. The SMILES string of the molecule is CC(C)NC(=O)N1CCCN(C(=O)c2ccc(-c3ccccc3)cc2)CC1. The van der Waals surface area contributed by atoms with Gasteiger partial charge in [-0.2, -0.15) is 0 Å². The van der Waals surface area contributed by atoms with Gasteiger partial charge in [-0.1, -0.05) is 42.5 Å². The number of urea groups is 1. The van der Waals surface area contributed by atoms with Gasteiger partial charge >= 0.3 is 6.03 Å². The molecule has 0 unspecified atom stereocenters. The van der Waals surface area contributed by atoms with Crippen LogP contribution in [0.1, 0.15) is 30.6 Å². The number of hydrogen-bond donors (Lipinski definition) is 1. The molecule has 3 amide bonds. The Balaban J connectivity index is 1.63. The monoisotopic (exact) mass is 365 g/mol. The van der Waals surface area contributed by atoms with E-state index in [-0.39, 0.29) is 18.0 Å². The zero-order valence-electron chi connectivity index (χ0n) is 16.0. The lowest BCUT2D eigenvalue weighted by atomic mass is 10.0. The summed E-state index contributed by atoms with van der Waals surface area (Å²) in [6.45, 7) is 6.37. The van der Waals surface area contributed by atoms with Crippen LogP contribution in [0.2, 0.25) is 0 Å². The summed E-state index contributed by atoms with van der Waals surface area (Å²) >= 11 is 0. The normalized spacial score (nSPS) is 14.8. The Hall–Kier alpha value is -2.82. The maximum Gasteiger partial charge on any atom is 0.317 e. The quantitative estimate of drug-likeness (QED) is 0.903. The lowest BCUT2D eigenvalue weighted by Crippen LogP contribution is -2.44. The first-order chi connectivity index (χ1) is 13.0. The fourth-order valence-corrected chi connectivity index (χ4v) is 3.28. The van der Waals surface area contributed by atoms with E-state index in [9.17, 15) is 9.59 Å². The number of nitrogens with one attached hydrogen (secondary N) is 1. The van der Waals surface area contributed by atoms with Crippen LogP contribution in [0.4, 0.5) is 4.79 Å². The first-order valence-electron chi connectivity index (χ1n) is 9.55.